The topological polar surface area (TPSA) is 29.3 Å². The first kappa shape index (κ1) is 12.4. The van der Waals surface area contributed by atoms with Crippen LogP contribution >= 0.6 is 0 Å². The molecule has 0 fully saturated rings. The zero-order valence-electron chi connectivity index (χ0n) is 10.0. The third-order valence-corrected chi connectivity index (χ3v) is 2.72. The highest BCUT2D eigenvalue weighted by Crippen LogP contribution is 2.30. The maximum atomic E-state index is 13.2. The van der Waals surface area contributed by atoms with E-state index in [1.54, 1.807) is 18.2 Å². The maximum absolute atomic E-state index is 13.2. The predicted octanol–water partition coefficient (Wildman–Crippen LogP) is 3.71. The first-order valence-corrected chi connectivity index (χ1v) is 5.70. The third-order valence-electron chi connectivity index (χ3n) is 2.72. The Morgan fingerprint density at radius 2 is 1.78 bits per heavy atom. The lowest BCUT2D eigenvalue weighted by molar-refractivity contribution is 0.626. The summed E-state index contributed by atoms with van der Waals surface area (Å²) in [5.74, 6) is -0.696. The van der Waals surface area contributed by atoms with E-state index in [9.17, 15) is 8.78 Å². The molecule has 2 N–H and O–H groups in total. The van der Waals surface area contributed by atoms with Gasteiger partial charge in [-0.15, -0.1) is 0 Å². The second kappa shape index (κ2) is 5.04. The van der Waals surface area contributed by atoms with E-state index >= 15 is 0 Å². The lowest BCUT2D eigenvalue weighted by Crippen LogP contribution is -2.17. The summed E-state index contributed by atoms with van der Waals surface area (Å²) in [5, 5.41) is 0. The number of hydrogen-bond acceptors (Lipinski definition) is 2. The zero-order chi connectivity index (χ0) is 13.1. The first-order chi connectivity index (χ1) is 8.61. The zero-order valence-corrected chi connectivity index (χ0v) is 10.0. The molecule has 18 heavy (non-hydrogen) atoms. The SMILES string of the molecule is CCN(c1cccc(F)c1)c1ccc(F)cc1N. The number of rotatable bonds is 3. The standard InChI is InChI=1S/C14H14F2N2/c1-2-18(12-5-3-4-10(15)8-12)14-7-6-11(16)9-13(14)17/h3-9H,2,17H2,1H3. The summed E-state index contributed by atoms with van der Waals surface area (Å²) >= 11 is 0. The highest BCUT2D eigenvalue weighted by Gasteiger charge is 2.11. The largest absolute Gasteiger partial charge is 0.397 e. The van der Waals surface area contributed by atoms with E-state index in [1.165, 1.54) is 24.3 Å². The summed E-state index contributed by atoms with van der Waals surface area (Å²) in [6.07, 6.45) is 0. The second-order valence-electron chi connectivity index (χ2n) is 3.93. The summed E-state index contributed by atoms with van der Waals surface area (Å²) in [6, 6.07) is 10.4. The molecule has 0 spiro atoms. The second-order valence-corrected chi connectivity index (χ2v) is 3.93. The normalized spacial score (nSPS) is 10.4. The van der Waals surface area contributed by atoms with E-state index in [2.05, 4.69) is 0 Å². The van der Waals surface area contributed by atoms with E-state index in [-0.39, 0.29) is 11.6 Å². The number of nitrogens with two attached hydrogens (primary N) is 1. The Labute approximate surface area is 105 Å². The first-order valence-electron chi connectivity index (χ1n) is 5.70. The van der Waals surface area contributed by atoms with Crippen molar-refractivity contribution in [2.75, 3.05) is 17.2 Å². The average molecular weight is 248 g/mol. The number of benzene rings is 2. The van der Waals surface area contributed by atoms with Crippen molar-refractivity contribution < 1.29 is 8.78 Å². The van der Waals surface area contributed by atoms with Crippen LogP contribution in [0.5, 0.6) is 0 Å². The van der Waals surface area contributed by atoms with Gasteiger partial charge in [0.15, 0.2) is 0 Å². The van der Waals surface area contributed by atoms with Gasteiger partial charge < -0.3 is 10.6 Å². The molecule has 94 valence electrons. The number of nitrogen functional groups attached to an aromatic ring is 1. The molecule has 0 atom stereocenters. The summed E-state index contributed by atoms with van der Waals surface area (Å²) in [7, 11) is 0. The van der Waals surface area contributed by atoms with Crippen LogP contribution in [0.3, 0.4) is 0 Å². The molecule has 0 unspecified atom stereocenters. The van der Waals surface area contributed by atoms with E-state index in [0.29, 0.717) is 23.6 Å². The molecule has 2 aromatic rings. The molecular weight excluding hydrogens is 234 g/mol. The van der Waals surface area contributed by atoms with Crippen molar-refractivity contribution >= 4 is 17.1 Å². The molecule has 0 aliphatic heterocycles. The molecule has 2 aromatic carbocycles. The van der Waals surface area contributed by atoms with Crippen LogP contribution in [0.1, 0.15) is 6.92 Å². The van der Waals surface area contributed by atoms with Crippen molar-refractivity contribution in [3.63, 3.8) is 0 Å². The van der Waals surface area contributed by atoms with Gasteiger partial charge in [-0.2, -0.15) is 0 Å². The van der Waals surface area contributed by atoms with E-state index in [0.717, 1.165) is 0 Å². The Kier molecular flexibility index (Phi) is 3.46. The van der Waals surface area contributed by atoms with Crippen LogP contribution in [0, 0.1) is 11.6 Å². The minimum atomic E-state index is -0.383. The molecule has 2 rings (SSSR count). The van der Waals surface area contributed by atoms with Gasteiger partial charge in [0.1, 0.15) is 11.6 Å². The quantitative estimate of drug-likeness (QED) is 0.839. The molecular formula is C14H14F2N2. The average Bonchev–Trinajstić information content (AvgIpc) is 2.33. The van der Waals surface area contributed by atoms with Gasteiger partial charge in [-0.05, 0) is 43.3 Å². The molecule has 0 heterocycles. The Morgan fingerprint density at radius 1 is 1.06 bits per heavy atom. The van der Waals surface area contributed by atoms with Crippen molar-refractivity contribution in [2.45, 2.75) is 6.92 Å². The highest BCUT2D eigenvalue weighted by atomic mass is 19.1. The van der Waals surface area contributed by atoms with E-state index in [4.69, 9.17) is 5.73 Å². The fourth-order valence-electron chi connectivity index (χ4n) is 1.91. The highest BCUT2D eigenvalue weighted by molar-refractivity contribution is 5.74. The van der Waals surface area contributed by atoms with Crippen LogP contribution in [-0.4, -0.2) is 6.54 Å². The van der Waals surface area contributed by atoms with Gasteiger partial charge in [0.25, 0.3) is 0 Å². The summed E-state index contributed by atoms with van der Waals surface area (Å²) in [5.41, 5.74) is 7.49. The summed E-state index contributed by atoms with van der Waals surface area (Å²) in [6.45, 7) is 2.53. The van der Waals surface area contributed by atoms with Gasteiger partial charge in [-0.1, -0.05) is 6.07 Å². The molecule has 2 nitrogen and oxygen atoms in total. The van der Waals surface area contributed by atoms with Crippen molar-refractivity contribution in [1.82, 2.24) is 0 Å². The molecule has 0 radical (unpaired) electrons. The fraction of sp³-hybridized carbons (Fsp3) is 0.143. The number of anilines is 3. The molecule has 0 saturated carbocycles. The Morgan fingerprint density at radius 3 is 2.39 bits per heavy atom. The van der Waals surface area contributed by atoms with Crippen molar-refractivity contribution in [3.8, 4) is 0 Å². The minimum absolute atomic E-state index is 0.313. The molecule has 0 aliphatic carbocycles. The van der Waals surface area contributed by atoms with Gasteiger partial charge in [0, 0.05) is 12.2 Å². The van der Waals surface area contributed by atoms with Gasteiger partial charge in [-0.3, -0.25) is 0 Å². The molecule has 0 amide bonds. The van der Waals surface area contributed by atoms with Crippen LogP contribution in [0.4, 0.5) is 25.8 Å². The number of hydrogen-bond donors (Lipinski definition) is 1. The van der Waals surface area contributed by atoms with Crippen LogP contribution in [0.15, 0.2) is 42.5 Å². The Hall–Kier alpha value is -2.10. The number of halogens is 2. The van der Waals surface area contributed by atoms with E-state index < -0.39 is 0 Å². The summed E-state index contributed by atoms with van der Waals surface area (Å²) in [4.78, 5) is 1.83. The smallest absolute Gasteiger partial charge is 0.125 e. The summed E-state index contributed by atoms with van der Waals surface area (Å²) < 4.78 is 26.2. The molecule has 4 heteroatoms. The number of nitrogens with zero attached hydrogens (tertiary/aromatic N) is 1. The van der Waals surface area contributed by atoms with Crippen molar-refractivity contribution in [1.29, 1.82) is 0 Å². The Bertz CT molecular complexity index is 555. The van der Waals surface area contributed by atoms with Gasteiger partial charge >= 0.3 is 0 Å². The Balaban J connectivity index is 2.45. The van der Waals surface area contributed by atoms with Crippen LogP contribution < -0.4 is 10.6 Å². The predicted molar refractivity (Wildman–Crippen MR) is 69.9 cm³/mol. The molecule has 0 bridgehead atoms. The lowest BCUT2D eigenvalue weighted by atomic mass is 10.2. The van der Waals surface area contributed by atoms with Crippen molar-refractivity contribution in [2.24, 2.45) is 0 Å². The van der Waals surface area contributed by atoms with Gasteiger partial charge in [0.2, 0.25) is 0 Å². The molecule has 0 aromatic heterocycles. The van der Waals surface area contributed by atoms with Crippen molar-refractivity contribution in [3.05, 3.63) is 54.1 Å². The fourth-order valence-corrected chi connectivity index (χ4v) is 1.91. The van der Waals surface area contributed by atoms with Gasteiger partial charge in [0.05, 0.1) is 11.4 Å². The molecule has 0 aliphatic rings. The van der Waals surface area contributed by atoms with Crippen LogP contribution in [-0.2, 0) is 0 Å². The van der Waals surface area contributed by atoms with Gasteiger partial charge in [-0.25, -0.2) is 8.78 Å². The third kappa shape index (κ3) is 2.42. The maximum Gasteiger partial charge on any atom is 0.125 e. The lowest BCUT2D eigenvalue weighted by Gasteiger charge is -2.24. The minimum Gasteiger partial charge on any atom is -0.397 e. The molecule has 0 saturated heterocycles. The van der Waals surface area contributed by atoms with E-state index in [1.807, 2.05) is 11.8 Å². The van der Waals surface area contributed by atoms with Crippen LogP contribution in [0.2, 0.25) is 0 Å². The monoisotopic (exact) mass is 248 g/mol. The van der Waals surface area contributed by atoms with Crippen LogP contribution in [0.25, 0.3) is 0 Å².